The van der Waals surface area contributed by atoms with Gasteiger partial charge in [0, 0.05) is 12.5 Å². The van der Waals surface area contributed by atoms with E-state index in [1.165, 1.54) is 22.3 Å². The van der Waals surface area contributed by atoms with Crippen LogP contribution in [0.25, 0.3) is 11.1 Å². The molecule has 1 atom stereocenters. The highest BCUT2D eigenvalue weighted by atomic mass is 32.1. The van der Waals surface area contributed by atoms with Gasteiger partial charge < -0.3 is 5.11 Å². The predicted octanol–water partition coefficient (Wildman–Crippen LogP) is 3.24. The number of aliphatic hydroxyl groups is 1. The number of thiophene rings is 1. The summed E-state index contributed by atoms with van der Waals surface area (Å²) in [7, 11) is 0. The second-order valence-corrected chi connectivity index (χ2v) is 4.64. The van der Waals surface area contributed by atoms with Gasteiger partial charge in [0.05, 0.1) is 0 Å². The Labute approximate surface area is 93.0 Å². The zero-order valence-corrected chi connectivity index (χ0v) is 9.13. The normalized spacial score (nSPS) is 17.5. The van der Waals surface area contributed by atoms with E-state index in [2.05, 4.69) is 35.0 Å². The summed E-state index contributed by atoms with van der Waals surface area (Å²) in [6, 6.07) is 8.53. The van der Waals surface area contributed by atoms with Gasteiger partial charge in [-0.1, -0.05) is 24.3 Å². The summed E-state index contributed by atoms with van der Waals surface area (Å²) in [5, 5.41) is 13.6. The molecule has 0 saturated heterocycles. The van der Waals surface area contributed by atoms with E-state index in [9.17, 15) is 0 Å². The Morgan fingerprint density at radius 3 is 2.80 bits per heavy atom. The van der Waals surface area contributed by atoms with Crippen LogP contribution in [0.15, 0.2) is 35.0 Å². The molecule has 0 aliphatic heterocycles. The van der Waals surface area contributed by atoms with Crippen molar-refractivity contribution in [3.8, 4) is 11.1 Å². The van der Waals surface area contributed by atoms with E-state index < -0.39 is 0 Å². The second kappa shape index (κ2) is 3.47. The standard InChI is InChI=1S/C13H12OS/c14-6-5-11-9-3-1-2-4-10(9)12-7-15-8-13(11)12/h1-4,7-8,11,14H,5-6H2/t11-/m0/s1. The molecular weight excluding hydrogens is 204 g/mol. The average Bonchev–Trinajstić information content (AvgIpc) is 2.82. The van der Waals surface area contributed by atoms with Gasteiger partial charge in [-0.05, 0) is 39.4 Å². The van der Waals surface area contributed by atoms with Crippen molar-refractivity contribution in [1.82, 2.24) is 0 Å². The van der Waals surface area contributed by atoms with Crippen LogP contribution in [0.5, 0.6) is 0 Å². The Kier molecular flexibility index (Phi) is 2.11. The van der Waals surface area contributed by atoms with Crippen LogP contribution in [-0.4, -0.2) is 11.7 Å². The van der Waals surface area contributed by atoms with Crippen LogP contribution in [0.2, 0.25) is 0 Å². The van der Waals surface area contributed by atoms with Crippen LogP contribution >= 0.6 is 11.3 Å². The lowest BCUT2D eigenvalue weighted by atomic mass is 9.95. The zero-order valence-electron chi connectivity index (χ0n) is 8.31. The van der Waals surface area contributed by atoms with Crippen LogP contribution in [0.4, 0.5) is 0 Å². The molecule has 0 saturated carbocycles. The second-order valence-electron chi connectivity index (χ2n) is 3.89. The van der Waals surface area contributed by atoms with Crippen molar-refractivity contribution in [2.45, 2.75) is 12.3 Å². The minimum Gasteiger partial charge on any atom is -0.396 e. The number of hydrogen-bond acceptors (Lipinski definition) is 2. The molecule has 2 heteroatoms. The molecule has 15 heavy (non-hydrogen) atoms. The molecular formula is C13H12OS. The van der Waals surface area contributed by atoms with Crippen molar-refractivity contribution in [2.24, 2.45) is 0 Å². The fraction of sp³-hybridized carbons (Fsp3) is 0.231. The number of benzene rings is 1. The van der Waals surface area contributed by atoms with Crippen LogP contribution in [0.3, 0.4) is 0 Å². The van der Waals surface area contributed by atoms with Crippen molar-refractivity contribution in [3.63, 3.8) is 0 Å². The Balaban J connectivity index is 2.19. The Morgan fingerprint density at radius 2 is 1.93 bits per heavy atom. The third kappa shape index (κ3) is 1.25. The number of hydrogen-bond donors (Lipinski definition) is 1. The van der Waals surface area contributed by atoms with E-state index in [4.69, 9.17) is 5.11 Å². The first-order chi connectivity index (χ1) is 7.42. The van der Waals surface area contributed by atoms with Gasteiger partial charge >= 0.3 is 0 Å². The summed E-state index contributed by atoms with van der Waals surface area (Å²) in [5.74, 6) is 0.410. The van der Waals surface area contributed by atoms with E-state index in [1.54, 1.807) is 11.3 Å². The topological polar surface area (TPSA) is 20.2 Å². The Morgan fingerprint density at radius 1 is 1.07 bits per heavy atom. The van der Waals surface area contributed by atoms with E-state index in [1.807, 2.05) is 0 Å². The molecule has 0 amide bonds. The summed E-state index contributed by atoms with van der Waals surface area (Å²) in [6.45, 7) is 0.258. The maximum atomic E-state index is 9.12. The third-order valence-electron chi connectivity index (χ3n) is 3.11. The van der Waals surface area contributed by atoms with Gasteiger partial charge in [0.1, 0.15) is 0 Å². The van der Waals surface area contributed by atoms with Crippen LogP contribution < -0.4 is 0 Å². The molecule has 1 aromatic carbocycles. The zero-order chi connectivity index (χ0) is 10.3. The van der Waals surface area contributed by atoms with Gasteiger partial charge in [-0.25, -0.2) is 0 Å². The lowest BCUT2D eigenvalue weighted by Crippen LogP contribution is -1.98. The first-order valence-electron chi connectivity index (χ1n) is 5.18. The summed E-state index contributed by atoms with van der Waals surface area (Å²) in [5.41, 5.74) is 5.50. The smallest absolute Gasteiger partial charge is 0.0440 e. The molecule has 1 aromatic heterocycles. The molecule has 0 radical (unpaired) electrons. The average molecular weight is 216 g/mol. The number of rotatable bonds is 2. The van der Waals surface area contributed by atoms with Gasteiger partial charge in [0.15, 0.2) is 0 Å². The fourth-order valence-corrected chi connectivity index (χ4v) is 3.35. The van der Waals surface area contributed by atoms with Gasteiger partial charge in [-0.3, -0.25) is 0 Å². The highest BCUT2D eigenvalue weighted by Crippen LogP contribution is 2.47. The molecule has 3 rings (SSSR count). The van der Waals surface area contributed by atoms with Crippen molar-refractivity contribution < 1.29 is 5.11 Å². The summed E-state index contributed by atoms with van der Waals surface area (Å²) in [6.07, 6.45) is 0.834. The Bertz CT molecular complexity index is 487. The van der Waals surface area contributed by atoms with Gasteiger partial charge in [-0.2, -0.15) is 11.3 Å². The molecule has 1 heterocycles. The highest BCUT2D eigenvalue weighted by molar-refractivity contribution is 7.08. The van der Waals surface area contributed by atoms with Gasteiger partial charge in [-0.15, -0.1) is 0 Å². The van der Waals surface area contributed by atoms with E-state index in [-0.39, 0.29) is 6.61 Å². The van der Waals surface area contributed by atoms with Crippen LogP contribution in [-0.2, 0) is 0 Å². The van der Waals surface area contributed by atoms with E-state index in [0.717, 1.165) is 6.42 Å². The predicted molar refractivity (Wildman–Crippen MR) is 63.3 cm³/mol. The summed E-state index contributed by atoms with van der Waals surface area (Å²) < 4.78 is 0. The highest BCUT2D eigenvalue weighted by Gasteiger charge is 2.28. The molecule has 1 aliphatic carbocycles. The van der Waals surface area contributed by atoms with Crippen molar-refractivity contribution in [1.29, 1.82) is 0 Å². The molecule has 0 bridgehead atoms. The van der Waals surface area contributed by atoms with Crippen molar-refractivity contribution in [3.05, 3.63) is 46.2 Å². The maximum absolute atomic E-state index is 9.12. The quantitative estimate of drug-likeness (QED) is 0.817. The summed E-state index contributed by atoms with van der Waals surface area (Å²) in [4.78, 5) is 0. The molecule has 76 valence electrons. The largest absolute Gasteiger partial charge is 0.396 e. The number of aliphatic hydroxyl groups excluding tert-OH is 1. The molecule has 1 N–H and O–H groups in total. The van der Waals surface area contributed by atoms with Gasteiger partial charge in [0.2, 0.25) is 0 Å². The summed E-state index contributed by atoms with van der Waals surface area (Å²) >= 11 is 1.75. The molecule has 0 unspecified atom stereocenters. The molecule has 0 fully saturated rings. The van der Waals surface area contributed by atoms with E-state index in [0.29, 0.717) is 5.92 Å². The lowest BCUT2D eigenvalue weighted by molar-refractivity contribution is 0.282. The fourth-order valence-electron chi connectivity index (χ4n) is 2.45. The van der Waals surface area contributed by atoms with Gasteiger partial charge in [0.25, 0.3) is 0 Å². The van der Waals surface area contributed by atoms with Crippen LogP contribution in [0.1, 0.15) is 23.5 Å². The first kappa shape index (κ1) is 9.13. The third-order valence-corrected chi connectivity index (χ3v) is 3.87. The molecule has 0 spiro atoms. The minimum atomic E-state index is 0.258. The van der Waals surface area contributed by atoms with E-state index >= 15 is 0 Å². The van der Waals surface area contributed by atoms with Crippen molar-refractivity contribution >= 4 is 11.3 Å². The SMILES string of the molecule is OCC[C@H]1c2ccccc2-c2cscc21. The first-order valence-corrected chi connectivity index (χ1v) is 6.12. The van der Waals surface area contributed by atoms with Crippen molar-refractivity contribution in [2.75, 3.05) is 6.61 Å². The monoisotopic (exact) mass is 216 g/mol. The van der Waals surface area contributed by atoms with Crippen LogP contribution in [0, 0.1) is 0 Å². The maximum Gasteiger partial charge on any atom is 0.0440 e. The molecule has 1 aliphatic rings. The Hall–Kier alpha value is -1.12. The lowest BCUT2D eigenvalue weighted by Gasteiger charge is -2.10. The number of fused-ring (bicyclic) bond motifs is 3. The molecule has 1 nitrogen and oxygen atoms in total. The minimum absolute atomic E-state index is 0.258. The molecule has 2 aromatic rings.